The summed E-state index contributed by atoms with van der Waals surface area (Å²) in [6.07, 6.45) is 1.91. The van der Waals surface area contributed by atoms with E-state index in [1.54, 1.807) is 0 Å². The number of imidazole rings is 1. The summed E-state index contributed by atoms with van der Waals surface area (Å²) in [4.78, 5) is 4.72. The maximum Gasteiger partial charge on any atom is 0.100 e. The Balaban J connectivity index is 1.95. The van der Waals surface area contributed by atoms with Crippen LogP contribution in [0.5, 0.6) is 0 Å². The van der Waals surface area contributed by atoms with Crippen molar-refractivity contribution in [2.24, 2.45) is 0 Å². The van der Waals surface area contributed by atoms with Crippen molar-refractivity contribution in [2.75, 3.05) is 0 Å². The lowest BCUT2D eigenvalue weighted by atomic mass is 10.0. The van der Waals surface area contributed by atoms with Crippen molar-refractivity contribution in [2.45, 2.75) is 6.92 Å². The second-order valence-corrected chi connectivity index (χ2v) is 5.88. The Morgan fingerprint density at radius 2 is 1.25 bits per heavy atom. The molecule has 0 saturated carbocycles. The summed E-state index contributed by atoms with van der Waals surface area (Å²) in [6.45, 7) is 2.10. The van der Waals surface area contributed by atoms with Crippen LogP contribution in [-0.2, 0) is 0 Å². The predicted molar refractivity (Wildman–Crippen MR) is 99.2 cm³/mol. The molecule has 1 aromatic heterocycles. The van der Waals surface area contributed by atoms with Gasteiger partial charge in [0.05, 0.1) is 11.4 Å². The topological polar surface area (TPSA) is 17.8 Å². The van der Waals surface area contributed by atoms with Crippen molar-refractivity contribution >= 4 is 0 Å². The molecule has 24 heavy (non-hydrogen) atoms. The molecule has 0 aliphatic heterocycles. The highest BCUT2D eigenvalue weighted by Crippen LogP contribution is 2.33. The molecular weight excluding hydrogens is 292 g/mol. The zero-order chi connectivity index (χ0) is 16.4. The lowest BCUT2D eigenvalue weighted by molar-refractivity contribution is 1.06. The van der Waals surface area contributed by atoms with Gasteiger partial charge in [0, 0.05) is 16.8 Å². The van der Waals surface area contributed by atoms with Crippen LogP contribution in [-0.4, -0.2) is 9.55 Å². The molecule has 4 rings (SSSR count). The highest BCUT2D eigenvalue weighted by atomic mass is 15.1. The van der Waals surface area contributed by atoms with Gasteiger partial charge in [-0.15, -0.1) is 0 Å². The van der Waals surface area contributed by atoms with Gasteiger partial charge in [-0.3, -0.25) is 4.57 Å². The highest BCUT2D eigenvalue weighted by molar-refractivity contribution is 5.79. The van der Waals surface area contributed by atoms with Crippen molar-refractivity contribution in [3.8, 4) is 28.2 Å². The second kappa shape index (κ2) is 6.17. The minimum atomic E-state index is 1.00. The first kappa shape index (κ1) is 14.5. The van der Waals surface area contributed by atoms with Crippen molar-refractivity contribution in [1.29, 1.82) is 0 Å². The number of hydrogen-bond acceptors (Lipinski definition) is 1. The third-order valence-corrected chi connectivity index (χ3v) is 4.17. The second-order valence-electron chi connectivity index (χ2n) is 5.88. The van der Waals surface area contributed by atoms with E-state index in [9.17, 15) is 0 Å². The van der Waals surface area contributed by atoms with Crippen LogP contribution in [0.2, 0.25) is 0 Å². The summed E-state index contributed by atoms with van der Waals surface area (Å²) in [5.41, 5.74) is 6.78. The normalized spacial score (nSPS) is 10.7. The molecular formula is C22H18N2. The van der Waals surface area contributed by atoms with E-state index in [1.165, 1.54) is 5.56 Å². The van der Waals surface area contributed by atoms with Gasteiger partial charge in [0.15, 0.2) is 0 Å². The molecule has 0 N–H and O–H groups in total. The zero-order valence-corrected chi connectivity index (χ0v) is 13.6. The van der Waals surface area contributed by atoms with E-state index < -0.39 is 0 Å². The Morgan fingerprint density at radius 3 is 1.88 bits per heavy atom. The Morgan fingerprint density at radius 1 is 0.667 bits per heavy atom. The molecule has 0 aliphatic carbocycles. The molecule has 3 aromatic carbocycles. The highest BCUT2D eigenvalue weighted by Gasteiger charge is 2.15. The van der Waals surface area contributed by atoms with Crippen molar-refractivity contribution in [3.05, 3.63) is 96.8 Å². The SMILES string of the molecule is Cc1ccc(-n2cnc(-c3ccccc3)c2-c2ccccc2)cc1. The number of nitrogens with zero attached hydrogens (tertiary/aromatic N) is 2. The summed E-state index contributed by atoms with van der Waals surface area (Å²) in [6, 6.07) is 29.3. The molecule has 0 spiro atoms. The Kier molecular flexibility index (Phi) is 3.72. The maximum absolute atomic E-state index is 4.72. The molecule has 0 bridgehead atoms. The predicted octanol–water partition coefficient (Wildman–Crippen LogP) is 5.51. The molecule has 2 heteroatoms. The smallest absolute Gasteiger partial charge is 0.100 e. The van der Waals surface area contributed by atoms with Crippen molar-refractivity contribution < 1.29 is 0 Å². The van der Waals surface area contributed by atoms with Gasteiger partial charge < -0.3 is 0 Å². The maximum atomic E-state index is 4.72. The van der Waals surface area contributed by atoms with Crippen LogP contribution in [0.1, 0.15) is 5.56 Å². The van der Waals surface area contributed by atoms with Crippen LogP contribution in [0.25, 0.3) is 28.2 Å². The average Bonchev–Trinajstić information content (AvgIpc) is 3.09. The minimum Gasteiger partial charge on any atom is -0.298 e. The molecule has 1 heterocycles. The molecule has 0 atom stereocenters. The van der Waals surface area contributed by atoms with E-state index in [1.807, 2.05) is 18.5 Å². The number of rotatable bonds is 3. The van der Waals surface area contributed by atoms with E-state index in [-0.39, 0.29) is 0 Å². The molecule has 4 aromatic rings. The first-order chi connectivity index (χ1) is 11.8. The van der Waals surface area contributed by atoms with Crippen molar-refractivity contribution in [1.82, 2.24) is 9.55 Å². The van der Waals surface area contributed by atoms with Crippen LogP contribution in [0.4, 0.5) is 0 Å². The standard InChI is InChI=1S/C22H18N2/c1-17-12-14-20(15-13-17)24-16-23-21(18-8-4-2-5-9-18)22(24)19-10-6-3-7-11-19/h2-16H,1H3. The van der Waals surface area contributed by atoms with Gasteiger partial charge in [0.25, 0.3) is 0 Å². The van der Waals surface area contributed by atoms with Gasteiger partial charge in [0.2, 0.25) is 0 Å². The zero-order valence-electron chi connectivity index (χ0n) is 13.6. The van der Waals surface area contributed by atoms with Crippen LogP contribution < -0.4 is 0 Å². The quantitative estimate of drug-likeness (QED) is 0.487. The van der Waals surface area contributed by atoms with Crippen LogP contribution in [0, 0.1) is 6.92 Å². The molecule has 116 valence electrons. The summed E-state index contributed by atoms with van der Waals surface area (Å²) >= 11 is 0. The number of aromatic nitrogens is 2. The van der Waals surface area contributed by atoms with Gasteiger partial charge >= 0.3 is 0 Å². The molecule has 0 saturated heterocycles. The summed E-state index contributed by atoms with van der Waals surface area (Å²) in [7, 11) is 0. The fourth-order valence-electron chi connectivity index (χ4n) is 2.93. The summed E-state index contributed by atoms with van der Waals surface area (Å²) in [5.74, 6) is 0. The third-order valence-electron chi connectivity index (χ3n) is 4.17. The fraction of sp³-hybridized carbons (Fsp3) is 0.0455. The van der Waals surface area contributed by atoms with Gasteiger partial charge in [-0.1, -0.05) is 78.4 Å². The van der Waals surface area contributed by atoms with Gasteiger partial charge in [-0.05, 0) is 19.1 Å². The van der Waals surface area contributed by atoms with Gasteiger partial charge in [-0.25, -0.2) is 4.98 Å². The molecule has 2 nitrogen and oxygen atoms in total. The Labute approximate surface area is 142 Å². The Hall–Kier alpha value is -3.13. The average molecular weight is 310 g/mol. The van der Waals surface area contributed by atoms with Gasteiger partial charge in [0.1, 0.15) is 6.33 Å². The monoisotopic (exact) mass is 310 g/mol. The van der Waals surface area contributed by atoms with E-state index in [4.69, 9.17) is 4.98 Å². The number of hydrogen-bond donors (Lipinski definition) is 0. The van der Waals surface area contributed by atoms with E-state index in [2.05, 4.69) is 84.3 Å². The van der Waals surface area contributed by atoms with Crippen LogP contribution in [0.3, 0.4) is 0 Å². The van der Waals surface area contributed by atoms with Crippen molar-refractivity contribution in [3.63, 3.8) is 0 Å². The molecule has 0 amide bonds. The molecule has 0 unspecified atom stereocenters. The number of aryl methyl sites for hydroxylation is 1. The van der Waals surface area contributed by atoms with E-state index >= 15 is 0 Å². The Bertz CT molecular complexity index is 936. The summed E-state index contributed by atoms with van der Waals surface area (Å²) in [5, 5.41) is 0. The van der Waals surface area contributed by atoms with E-state index in [0.717, 1.165) is 28.2 Å². The largest absolute Gasteiger partial charge is 0.298 e. The first-order valence-corrected chi connectivity index (χ1v) is 8.08. The molecule has 0 radical (unpaired) electrons. The van der Waals surface area contributed by atoms with Crippen LogP contribution in [0.15, 0.2) is 91.3 Å². The molecule has 0 aliphatic rings. The lowest BCUT2D eigenvalue weighted by Gasteiger charge is -2.11. The molecule has 0 fully saturated rings. The number of benzene rings is 3. The van der Waals surface area contributed by atoms with Crippen LogP contribution >= 0.6 is 0 Å². The minimum absolute atomic E-state index is 1.00. The third kappa shape index (κ3) is 2.63. The van der Waals surface area contributed by atoms with Gasteiger partial charge in [-0.2, -0.15) is 0 Å². The summed E-state index contributed by atoms with van der Waals surface area (Å²) < 4.78 is 2.16. The lowest BCUT2D eigenvalue weighted by Crippen LogP contribution is -1.96. The first-order valence-electron chi connectivity index (χ1n) is 8.08. The fourth-order valence-corrected chi connectivity index (χ4v) is 2.93. The van der Waals surface area contributed by atoms with E-state index in [0.29, 0.717) is 0 Å².